The molecule has 3 nitrogen and oxygen atoms in total. The molecule has 0 bridgehead atoms. The van der Waals surface area contributed by atoms with Gasteiger partial charge < -0.3 is 0 Å². The van der Waals surface area contributed by atoms with Crippen LogP contribution in [0.15, 0.2) is 10.2 Å². The first-order valence-corrected chi connectivity index (χ1v) is 1.46. The van der Waals surface area contributed by atoms with Gasteiger partial charge >= 0.3 is 0 Å². The molecule has 0 aromatic heterocycles. The minimum atomic E-state index is 0.583. The normalized spacial score (nSPS) is 20.8. The summed E-state index contributed by atoms with van der Waals surface area (Å²) in [6.07, 6.45) is 0. The molecule has 0 amide bonds. The van der Waals surface area contributed by atoms with Gasteiger partial charge in [0.05, 0.1) is 0 Å². The van der Waals surface area contributed by atoms with Crippen molar-refractivity contribution in [2.75, 3.05) is 13.3 Å². The summed E-state index contributed by atoms with van der Waals surface area (Å²) in [6, 6.07) is 0. The first-order chi connectivity index (χ1) is 2.50. The van der Waals surface area contributed by atoms with Crippen LogP contribution < -0.4 is 5.32 Å². The largest absolute Gasteiger partial charge is 0.192 e. The molecule has 5 heavy (non-hydrogen) atoms. The highest BCUT2D eigenvalue weighted by Crippen LogP contribution is 1.79. The lowest BCUT2D eigenvalue weighted by Crippen LogP contribution is -1.93. The van der Waals surface area contributed by atoms with Gasteiger partial charge in [0.15, 0.2) is 0 Å². The lowest BCUT2D eigenvalue weighted by Gasteiger charge is -1.67. The maximum atomic E-state index is 3.75. The van der Waals surface area contributed by atoms with Crippen molar-refractivity contribution < 1.29 is 0 Å². The molecule has 0 aromatic rings. The Hall–Kier alpha value is -0.440. The molecule has 0 spiro atoms. The molecule has 1 radical (unpaired) electrons. The topological polar surface area (TPSA) is 38.8 Å². The van der Waals surface area contributed by atoms with E-state index in [1.807, 2.05) is 0 Å². The van der Waals surface area contributed by atoms with Gasteiger partial charge in [-0.2, -0.15) is 15.5 Å². The van der Waals surface area contributed by atoms with Gasteiger partial charge in [-0.15, -0.1) is 0 Å². The second kappa shape index (κ2) is 1.12. The van der Waals surface area contributed by atoms with Gasteiger partial charge in [0.1, 0.15) is 13.3 Å². The fourth-order valence-corrected chi connectivity index (χ4v) is 0.224. The summed E-state index contributed by atoms with van der Waals surface area (Å²) in [6.45, 7) is 1.17. The molecule has 0 N–H and O–H groups in total. The van der Waals surface area contributed by atoms with Gasteiger partial charge in [0.2, 0.25) is 0 Å². The molecule has 1 heterocycles. The van der Waals surface area contributed by atoms with E-state index in [1.165, 1.54) is 0 Å². The summed E-state index contributed by atoms with van der Waals surface area (Å²) in [5.41, 5.74) is 0. The van der Waals surface area contributed by atoms with Gasteiger partial charge in [-0.3, -0.25) is 0 Å². The van der Waals surface area contributed by atoms with E-state index in [1.54, 1.807) is 0 Å². The zero-order chi connectivity index (χ0) is 3.54. The highest BCUT2D eigenvalue weighted by Gasteiger charge is 1.86. The second-order valence-corrected chi connectivity index (χ2v) is 0.789. The molecule has 1 aliphatic rings. The summed E-state index contributed by atoms with van der Waals surface area (Å²) >= 11 is 0. The molecule has 0 atom stereocenters. The number of hydrogen-bond donors (Lipinski definition) is 0. The Bertz CT molecular complexity index is 42.9. The predicted octanol–water partition coefficient (Wildman–Crippen LogP) is -0.0284. The molecule has 27 valence electrons. The molecule has 0 aromatic carbocycles. The monoisotopic (exact) mass is 70.0 g/mol. The van der Waals surface area contributed by atoms with Crippen molar-refractivity contribution in [3.05, 3.63) is 0 Å². The van der Waals surface area contributed by atoms with Crippen LogP contribution in [0, 0.1) is 0 Å². The molecule has 0 aliphatic carbocycles. The van der Waals surface area contributed by atoms with Crippen molar-refractivity contribution in [2.24, 2.45) is 10.2 Å². The molecule has 0 fully saturated rings. The first-order valence-electron chi connectivity index (χ1n) is 1.46. The van der Waals surface area contributed by atoms with Gasteiger partial charge in [0, 0.05) is 0 Å². The highest BCUT2D eigenvalue weighted by atomic mass is 15.3. The molecule has 0 saturated heterocycles. The van der Waals surface area contributed by atoms with Crippen LogP contribution in [-0.4, -0.2) is 13.3 Å². The number of rotatable bonds is 0. The average Bonchev–Trinajstić information content (AvgIpc) is 1.76. The molecule has 0 saturated carbocycles. The zero-order valence-electron chi connectivity index (χ0n) is 2.76. The predicted molar refractivity (Wildman–Crippen MR) is 16.7 cm³/mol. The minimum Gasteiger partial charge on any atom is -0.192 e. The fourth-order valence-electron chi connectivity index (χ4n) is 0.224. The molecule has 0 unspecified atom stereocenters. The van der Waals surface area contributed by atoms with E-state index >= 15 is 0 Å². The third-order valence-corrected chi connectivity index (χ3v) is 0.426. The number of azo groups is 1. The standard InChI is InChI=1S/C2H4N3/c1-3-2-5-4-1/h1-2H2. The van der Waals surface area contributed by atoms with Crippen molar-refractivity contribution in [3.8, 4) is 0 Å². The van der Waals surface area contributed by atoms with Crippen LogP contribution in [-0.2, 0) is 0 Å². The van der Waals surface area contributed by atoms with E-state index in [-0.39, 0.29) is 0 Å². The van der Waals surface area contributed by atoms with Crippen molar-refractivity contribution in [1.29, 1.82) is 0 Å². The van der Waals surface area contributed by atoms with E-state index in [0.29, 0.717) is 13.3 Å². The summed E-state index contributed by atoms with van der Waals surface area (Å²) < 4.78 is 0. The second-order valence-electron chi connectivity index (χ2n) is 0.789. The zero-order valence-corrected chi connectivity index (χ0v) is 2.76. The van der Waals surface area contributed by atoms with Crippen molar-refractivity contribution in [2.45, 2.75) is 0 Å². The Morgan fingerprint density at radius 2 is 1.60 bits per heavy atom. The smallest absolute Gasteiger partial charge is 0.127 e. The highest BCUT2D eigenvalue weighted by molar-refractivity contribution is 4.42. The minimum absolute atomic E-state index is 0.583. The van der Waals surface area contributed by atoms with E-state index < -0.39 is 0 Å². The van der Waals surface area contributed by atoms with E-state index in [2.05, 4.69) is 15.5 Å². The quantitative estimate of drug-likeness (QED) is 0.384. The van der Waals surface area contributed by atoms with Crippen LogP contribution in [0.4, 0.5) is 0 Å². The molecule has 1 aliphatic heterocycles. The lowest BCUT2D eigenvalue weighted by molar-refractivity contribution is 0.812. The Kier molecular flexibility index (Phi) is 0.624. The van der Waals surface area contributed by atoms with Crippen LogP contribution in [0.25, 0.3) is 0 Å². The maximum Gasteiger partial charge on any atom is 0.127 e. The van der Waals surface area contributed by atoms with Gasteiger partial charge in [-0.1, -0.05) is 0 Å². The lowest BCUT2D eigenvalue weighted by atomic mass is 11.1. The van der Waals surface area contributed by atoms with Crippen molar-refractivity contribution in [1.82, 2.24) is 5.32 Å². The van der Waals surface area contributed by atoms with Crippen LogP contribution in [0.2, 0.25) is 0 Å². The van der Waals surface area contributed by atoms with Crippen molar-refractivity contribution >= 4 is 0 Å². The van der Waals surface area contributed by atoms with Gasteiger partial charge in [-0.05, 0) is 0 Å². The first kappa shape index (κ1) is 2.78. The Balaban J connectivity index is 2.32. The summed E-state index contributed by atoms with van der Waals surface area (Å²) in [4.78, 5) is 0. The number of nitrogens with zero attached hydrogens (tertiary/aromatic N) is 3. The molecule has 1 rings (SSSR count). The van der Waals surface area contributed by atoms with Crippen molar-refractivity contribution in [3.63, 3.8) is 0 Å². The SMILES string of the molecule is C1[N]CN=N1. The average molecular weight is 70.1 g/mol. The summed E-state index contributed by atoms with van der Waals surface area (Å²) in [5.74, 6) is 0. The summed E-state index contributed by atoms with van der Waals surface area (Å²) in [5, 5.41) is 10.8. The number of hydrogen-bond acceptors (Lipinski definition) is 2. The van der Waals surface area contributed by atoms with Gasteiger partial charge in [0.25, 0.3) is 0 Å². The maximum absolute atomic E-state index is 3.75. The Morgan fingerprint density at radius 1 is 1.00 bits per heavy atom. The van der Waals surface area contributed by atoms with E-state index in [0.717, 1.165) is 0 Å². The summed E-state index contributed by atoms with van der Waals surface area (Å²) in [7, 11) is 0. The fraction of sp³-hybridized carbons (Fsp3) is 1.00. The van der Waals surface area contributed by atoms with Gasteiger partial charge in [-0.25, -0.2) is 0 Å². The molecular weight excluding hydrogens is 66.0 g/mol. The third-order valence-electron chi connectivity index (χ3n) is 0.426. The van der Waals surface area contributed by atoms with Crippen LogP contribution in [0.5, 0.6) is 0 Å². The molecule has 3 heteroatoms. The Morgan fingerprint density at radius 3 is 1.80 bits per heavy atom. The van der Waals surface area contributed by atoms with E-state index in [4.69, 9.17) is 0 Å². The van der Waals surface area contributed by atoms with Crippen LogP contribution >= 0.6 is 0 Å². The van der Waals surface area contributed by atoms with Crippen LogP contribution in [0.1, 0.15) is 0 Å². The Labute approximate surface area is 30.1 Å². The van der Waals surface area contributed by atoms with E-state index in [9.17, 15) is 0 Å². The van der Waals surface area contributed by atoms with Crippen LogP contribution in [0.3, 0.4) is 0 Å². The molecular formula is C2H4N3. The third kappa shape index (κ3) is 0.417.